The van der Waals surface area contributed by atoms with E-state index in [0.29, 0.717) is 34.9 Å². The molecule has 4 aromatic rings. The third kappa shape index (κ3) is 4.33. The molecule has 0 radical (unpaired) electrons. The fraction of sp³-hybridized carbons (Fsp3) is 0.182. The van der Waals surface area contributed by atoms with Gasteiger partial charge >= 0.3 is 0 Å². The molecule has 7 nitrogen and oxygen atoms in total. The number of hydrogen-bond donors (Lipinski definition) is 4. The largest absolute Gasteiger partial charge is 0.488 e. The van der Waals surface area contributed by atoms with Crippen LogP contribution < -0.4 is 15.9 Å². The number of rotatable bonds is 6. The first-order valence-corrected chi connectivity index (χ1v) is 11.1. The predicted octanol–water partition coefficient (Wildman–Crippen LogP) is 4.62. The van der Waals surface area contributed by atoms with E-state index in [1.807, 2.05) is 42.5 Å². The highest BCUT2D eigenvalue weighted by Crippen LogP contribution is 2.35. The average molecular weight is 548 g/mol. The van der Waals surface area contributed by atoms with Crippen LogP contribution in [0.2, 0.25) is 0 Å². The summed E-state index contributed by atoms with van der Waals surface area (Å²) in [5.74, 6) is 0.131. The van der Waals surface area contributed by atoms with Gasteiger partial charge in [-0.1, -0.05) is 34.1 Å². The van der Waals surface area contributed by atoms with E-state index in [-0.39, 0.29) is 11.1 Å². The Morgan fingerprint density at radius 2 is 1.42 bits per heavy atom. The summed E-state index contributed by atoms with van der Waals surface area (Å²) in [5.41, 5.74) is 3.70. The fourth-order valence-electron chi connectivity index (χ4n) is 3.64. The standard InChI is InChI=1S/C22H20Br2N4O3/c1-11-18(21(29)27-25-11)20(19-12(2)26-28-22(19)30)14-5-8-17(16(24)9-14)31-10-13-3-6-15(23)7-4-13/h3-9,20H,10H2,1-2H3,(H2,25,27,29)(H2,26,28,30). The third-order valence-electron chi connectivity index (χ3n) is 5.20. The highest BCUT2D eigenvalue weighted by molar-refractivity contribution is 9.10. The highest BCUT2D eigenvalue weighted by Gasteiger charge is 2.28. The van der Waals surface area contributed by atoms with Crippen LogP contribution in [-0.4, -0.2) is 20.4 Å². The second-order valence-corrected chi connectivity index (χ2v) is 9.04. The van der Waals surface area contributed by atoms with Crippen LogP contribution in [0.4, 0.5) is 0 Å². The number of hydrogen-bond acceptors (Lipinski definition) is 3. The zero-order valence-corrected chi connectivity index (χ0v) is 20.0. The zero-order valence-electron chi connectivity index (χ0n) is 16.8. The van der Waals surface area contributed by atoms with Gasteiger partial charge in [0.2, 0.25) is 0 Å². The minimum Gasteiger partial charge on any atom is -0.488 e. The van der Waals surface area contributed by atoms with Crippen molar-refractivity contribution in [1.29, 1.82) is 0 Å². The van der Waals surface area contributed by atoms with Gasteiger partial charge in [0.25, 0.3) is 11.1 Å². The molecule has 2 aromatic carbocycles. The summed E-state index contributed by atoms with van der Waals surface area (Å²) < 4.78 is 7.71. The van der Waals surface area contributed by atoms with E-state index in [1.165, 1.54) is 0 Å². The molecule has 0 aliphatic rings. The third-order valence-corrected chi connectivity index (χ3v) is 6.35. The van der Waals surface area contributed by atoms with Crippen molar-refractivity contribution in [1.82, 2.24) is 20.4 Å². The lowest BCUT2D eigenvalue weighted by Crippen LogP contribution is -2.20. The quantitative estimate of drug-likeness (QED) is 0.283. The van der Waals surface area contributed by atoms with Crippen molar-refractivity contribution in [3.05, 3.63) is 106 Å². The Hall–Kier alpha value is -2.78. The van der Waals surface area contributed by atoms with Crippen LogP contribution in [0.25, 0.3) is 0 Å². The molecule has 0 atom stereocenters. The summed E-state index contributed by atoms with van der Waals surface area (Å²) in [7, 11) is 0. The minimum atomic E-state index is -0.540. The molecule has 160 valence electrons. The summed E-state index contributed by atoms with van der Waals surface area (Å²) in [6, 6.07) is 13.5. The lowest BCUT2D eigenvalue weighted by Gasteiger charge is -2.17. The Morgan fingerprint density at radius 1 is 0.839 bits per heavy atom. The van der Waals surface area contributed by atoms with Crippen LogP contribution in [-0.2, 0) is 6.61 Å². The first-order valence-electron chi connectivity index (χ1n) is 9.56. The van der Waals surface area contributed by atoms with Gasteiger partial charge in [0, 0.05) is 21.8 Å². The van der Waals surface area contributed by atoms with E-state index in [9.17, 15) is 9.59 Å². The number of halogens is 2. The Morgan fingerprint density at radius 3 is 1.90 bits per heavy atom. The maximum Gasteiger partial charge on any atom is 0.268 e. The number of aromatic nitrogens is 4. The van der Waals surface area contributed by atoms with Crippen molar-refractivity contribution in [3.8, 4) is 5.75 Å². The molecule has 9 heteroatoms. The van der Waals surface area contributed by atoms with E-state index in [2.05, 4.69) is 52.3 Å². The molecular formula is C22H20Br2N4O3. The molecule has 0 aliphatic heterocycles. The van der Waals surface area contributed by atoms with E-state index in [0.717, 1.165) is 20.1 Å². The Balaban J connectivity index is 1.71. The van der Waals surface area contributed by atoms with Crippen molar-refractivity contribution < 1.29 is 4.74 Å². The smallest absolute Gasteiger partial charge is 0.268 e. The summed E-state index contributed by atoms with van der Waals surface area (Å²) >= 11 is 7.01. The summed E-state index contributed by atoms with van der Waals surface area (Å²) in [4.78, 5) is 25.1. The number of H-pyrrole nitrogens is 4. The van der Waals surface area contributed by atoms with Crippen LogP contribution in [0, 0.1) is 13.8 Å². The van der Waals surface area contributed by atoms with Gasteiger partial charge in [-0.3, -0.25) is 19.8 Å². The molecular weight excluding hydrogens is 528 g/mol. The second-order valence-electron chi connectivity index (χ2n) is 7.27. The summed E-state index contributed by atoms with van der Waals surface area (Å²) in [5, 5.41) is 10.9. The number of ether oxygens (including phenoxy) is 1. The van der Waals surface area contributed by atoms with Crippen molar-refractivity contribution in [2.24, 2.45) is 0 Å². The van der Waals surface area contributed by atoms with Gasteiger partial charge in [0.1, 0.15) is 12.4 Å². The lowest BCUT2D eigenvalue weighted by molar-refractivity contribution is 0.304. The van der Waals surface area contributed by atoms with Gasteiger partial charge in [-0.15, -0.1) is 0 Å². The van der Waals surface area contributed by atoms with Gasteiger partial charge in [-0.2, -0.15) is 0 Å². The van der Waals surface area contributed by atoms with E-state index < -0.39 is 5.92 Å². The molecule has 2 heterocycles. The van der Waals surface area contributed by atoms with Crippen LogP contribution in [0.5, 0.6) is 5.75 Å². The maximum atomic E-state index is 12.6. The van der Waals surface area contributed by atoms with Crippen LogP contribution in [0.3, 0.4) is 0 Å². The van der Waals surface area contributed by atoms with Crippen molar-refractivity contribution in [2.45, 2.75) is 26.4 Å². The van der Waals surface area contributed by atoms with Crippen LogP contribution in [0.1, 0.15) is 39.6 Å². The first kappa shape index (κ1) is 21.5. The first-order chi connectivity index (χ1) is 14.8. The highest BCUT2D eigenvalue weighted by atomic mass is 79.9. The fourth-order valence-corrected chi connectivity index (χ4v) is 4.41. The van der Waals surface area contributed by atoms with E-state index in [1.54, 1.807) is 13.8 Å². The molecule has 4 N–H and O–H groups in total. The molecule has 0 amide bonds. The molecule has 31 heavy (non-hydrogen) atoms. The van der Waals surface area contributed by atoms with E-state index in [4.69, 9.17) is 4.74 Å². The second kappa shape index (κ2) is 8.76. The monoisotopic (exact) mass is 546 g/mol. The number of nitrogens with one attached hydrogen (secondary N) is 4. The van der Waals surface area contributed by atoms with Gasteiger partial charge in [-0.25, -0.2) is 0 Å². The summed E-state index contributed by atoms with van der Waals surface area (Å²) in [6.07, 6.45) is 0. The van der Waals surface area contributed by atoms with Crippen molar-refractivity contribution >= 4 is 31.9 Å². The Kier molecular flexibility index (Phi) is 6.06. The number of benzene rings is 2. The van der Waals surface area contributed by atoms with E-state index >= 15 is 0 Å². The minimum absolute atomic E-state index is 0.255. The lowest BCUT2D eigenvalue weighted by atomic mass is 9.85. The summed E-state index contributed by atoms with van der Waals surface area (Å²) in [6.45, 7) is 4.03. The molecule has 0 bridgehead atoms. The molecule has 0 saturated heterocycles. The van der Waals surface area contributed by atoms with Crippen molar-refractivity contribution in [3.63, 3.8) is 0 Å². The number of aryl methyl sites for hydroxylation is 2. The van der Waals surface area contributed by atoms with Crippen LogP contribution in [0.15, 0.2) is 61.0 Å². The van der Waals surface area contributed by atoms with Gasteiger partial charge in [0.15, 0.2) is 0 Å². The van der Waals surface area contributed by atoms with Gasteiger partial charge < -0.3 is 14.9 Å². The normalized spacial score (nSPS) is 11.3. The van der Waals surface area contributed by atoms with Crippen molar-refractivity contribution in [2.75, 3.05) is 0 Å². The molecule has 2 aromatic heterocycles. The number of aromatic amines is 4. The topological polar surface area (TPSA) is 107 Å². The molecule has 4 rings (SSSR count). The molecule has 0 unspecified atom stereocenters. The Bertz CT molecular complexity index is 1280. The molecule has 0 saturated carbocycles. The average Bonchev–Trinajstić information content (AvgIpc) is 3.25. The predicted molar refractivity (Wildman–Crippen MR) is 126 cm³/mol. The van der Waals surface area contributed by atoms with Crippen LogP contribution >= 0.6 is 31.9 Å². The SMILES string of the molecule is Cc1[nH][nH]c(=O)c1C(c1ccc(OCc2ccc(Br)cc2)c(Br)c1)c1c(C)[nH][nH]c1=O. The maximum absolute atomic E-state index is 12.6. The van der Waals surface area contributed by atoms with Gasteiger partial charge in [0.05, 0.1) is 15.6 Å². The molecule has 0 fully saturated rings. The molecule has 0 aliphatic carbocycles. The Labute approximate surface area is 194 Å². The zero-order chi connectivity index (χ0) is 22.1. The van der Waals surface area contributed by atoms with Gasteiger partial charge in [-0.05, 0) is 65.2 Å². The molecule has 0 spiro atoms.